The minimum atomic E-state index is -0.423. The van der Waals surface area contributed by atoms with Gasteiger partial charge in [0.25, 0.3) is 0 Å². The first kappa shape index (κ1) is 17.4. The zero-order chi connectivity index (χ0) is 15.7. The third kappa shape index (κ3) is 6.55. The molecule has 1 aromatic carbocycles. The molecule has 0 radical (unpaired) electrons. The van der Waals surface area contributed by atoms with Crippen molar-refractivity contribution in [3.63, 3.8) is 0 Å². The molecular formula is C15H24N2O4. The quantitative estimate of drug-likeness (QED) is 0.393. The highest BCUT2D eigenvalue weighted by atomic mass is 16.6. The number of unbranched alkanes of at least 4 members (excludes halogenated alkanes) is 1. The lowest BCUT2D eigenvalue weighted by atomic mass is 10.1. The highest BCUT2D eigenvalue weighted by molar-refractivity contribution is 5.48. The maximum atomic E-state index is 11.1. The molecule has 118 valence electrons. The Kier molecular flexibility index (Phi) is 7.71. The fourth-order valence-corrected chi connectivity index (χ4v) is 1.84. The van der Waals surface area contributed by atoms with Crippen LogP contribution < -0.4 is 10.1 Å². The minimum Gasteiger partial charge on any atom is -0.487 e. The number of nitrogens with zero attached hydrogens (tertiary/aromatic N) is 1. The summed E-state index contributed by atoms with van der Waals surface area (Å²) in [4.78, 5) is 10.7. The molecule has 0 fully saturated rings. The van der Waals surface area contributed by atoms with Gasteiger partial charge in [0.05, 0.1) is 11.5 Å². The molecule has 0 aliphatic rings. The summed E-state index contributed by atoms with van der Waals surface area (Å²) in [6, 6.07) is 5.03. The van der Waals surface area contributed by atoms with Gasteiger partial charge in [-0.2, -0.15) is 0 Å². The van der Waals surface area contributed by atoms with Gasteiger partial charge in [-0.3, -0.25) is 10.1 Å². The second-order valence-electron chi connectivity index (χ2n) is 5.36. The normalized spacial score (nSPS) is 10.9. The minimum absolute atomic E-state index is 0.0113. The van der Waals surface area contributed by atoms with Crippen molar-refractivity contribution < 1.29 is 14.8 Å². The summed E-state index contributed by atoms with van der Waals surface area (Å²) in [5.41, 5.74) is 0.855. The average molecular weight is 296 g/mol. The Hall–Kier alpha value is -1.66. The van der Waals surface area contributed by atoms with Crippen LogP contribution in [0.5, 0.6) is 5.75 Å². The topological polar surface area (TPSA) is 84.6 Å². The molecule has 2 N–H and O–H groups in total. The summed E-state index contributed by atoms with van der Waals surface area (Å²) < 4.78 is 5.43. The Balaban J connectivity index is 2.65. The molecule has 0 aliphatic heterocycles. The number of nitro benzene ring substituents is 1. The molecule has 0 aromatic heterocycles. The van der Waals surface area contributed by atoms with E-state index in [4.69, 9.17) is 9.84 Å². The fourth-order valence-electron chi connectivity index (χ4n) is 1.84. The van der Waals surface area contributed by atoms with Crippen LogP contribution in [0, 0.1) is 16.0 Å². The molecule has 1 rings (SSSR count). The predicted octanol–water partition coefficient (Wildman–Crippen LogP) is 2.49. The van der Waals surface area contributed by atoms with Crippen molar-refractivity contribution in [3.8, 4) is 5.75 Å². The van der Waals surface area contributed by atoms with E-state index in [1.807, 2.05) is 6.07 Å². The van der Waals surface area contributed by atoms with Crippen LogP contribution in [0.1, 0.15) is 32.3 Å². The summed E-state index contributed by atoms with van der Waals surface area (Å²) in [5.74, 6) is 0.819. The van der Waals surface area contributed by atoms with Crippen molar-refractivity contribution in [1.29, 1.82) is 0 Å². The monoisotopic (exact) mass is 296 g/mol. The Labute approximate surface area is 125 Å². The highest BCUT2D eigenvalue weighted by Crippen LogP contribution is 2.28. The summed E-state index contributed by atoms with van der Waals surface area (Å²) >= 11 is 0. The maximum absolute atomic E-state index is 11.1. The molecule has 0 unspecified atom stereocenters. The number of aliphatic hydroxyl groups is 1. The van der Waals surface area contributed by atoms with Crippen LogP contribution >= 0.6 is 0 Å². The van der Waals surface area contributed by atoms with E-state index in [2.05, 4.69) is 19.2 Å². The predicted molar refractivity (Wildman–Crippen MR) is 81.5 cm³/mol. The number of hydrogen-bond acceptors (Lipinski definition) is 5. The third-order valence-corrected chi connectivity index (χ3v) is 2.91. The first-order valence-corrected chi connectivity index (χ1v) is 7.26. The maximum Gasteiger partial charge on any atom is 0.311 e. The summed E-state index contributed by atoms with van der Waals surface area (Å²) in [5, 5.41) is 23.1. The molecular weight excluding hydrogens is 272 g/mol. The molecule has 0 aliphatic carbocycles. The van der Waals surface area contributed by atoms with Crippen LogP contribution in [0.3, 0.4) is 0 Å². The third-order valence-electron chi connectivity index (χ3n) is 2.91. The van der Waals surface area contributed by atoms with Gasteiger partial charge in [0.1, 0.15) is 0 Å². The molecule has 0 spiro atoms. The Morgan fingerprint density at radius 3 is 2.76 bits per heavy atom. The van der Waals surface area contributed by atoms with Crippen molar-refractivity contribution in [2.24, 2.45) is 5.92 Å². The first-order valence-electron chi connectivity index (χ1n) is 7.26. The van der Waals surface area contributed by atoms with Crippen molar-refractivity contribution in [3.05, 3.63) is 33.9 Å². The van der Waals surface area contributed by atoms with Crippen molar-refractivity contribution in [2.75, 3.05) is 19.8 Å². The summed E-state index contributed by atoms with van der Waals surface area (Å²) in [6.45, 7) is 6.16. The molecule has 21 heavy (non-hydrogen) atoms. The van der Waals surface area contributed by atoms with Crippen molar-refractivity contribution >= 4 is 5.69 Å². The van der Waals surface area contributed by atoms with Crippen LogP contribution in [0.4, 0.5) is 5.69 Å². The number of ether oxygens (including phenoxy) is 1. The number of rotatable bonds is 10. The van der Waals surface area contributed by atoms with Crippen molar-refractivity contribution in [2.45, 2.75) is 33.2 Å². The second kappa shape index (κ2) is 9.31. The average Bonchev–Trinajstić information content (AvgIpc) is 2.44. The zero-order valence-electron chi connectivity index (χ0n) is 12.7. The molecule has 0 saturated heterocycles. The molecule has 0 amide bonds. The lowest BCUT2D eigenvalue weighted by Crippen LogP contribution is -2.19. The van der Waals surface area contributed by atoms with Crippen LogP contribution in [0.15, 0.2) is 18.2 Å². The molecule has 0 atom stereocenters. The van der Waals surface area contributed by atoms with Gasteiger partial charge in [-0.25, -0.2) is 0 Å². The largest absolute Gasteiger partial charge is 0.487 e. The van der Waals surface area contributed by atoms with Gasteiger partial charge in [0.2, 0.25) is 0 Å². The number of aliphatic hydroxyl groups excluding tert-OH is 1. The zero-order valence-corrected chi connectivity index (χ0v) is 12.7. The van der Waals surface area contributed by atoms with Gasteiger partial charge in [-0.15, -0.1) is 0 Å². The van der Waals surface area contributed by atoms with E-state index < -0.39 is 4.92 Å². The van der Waals surface area contributed by atoms with Crippen LogP contribution in [0.2, 0.25) is 0 Å². The highest BCUT2D eigenvalue weighted by Gasteiger charge is 2.15. The van der Waals surface area contributed by atoms with E-state index in [9.17, 15) is 10.1 Å². The number of hydrogen-bond donors (Lipinski definition) is 2. The van der Waals surface area contributed by atoms with Crippen molar-refractivity contribution in [1.82, 2.24) is 5.32 Å². The van der Waals surface area contributed by atoms with Gasteiger partial charge >= 0.3 is 5.69 Å². The lowest BCUT2D eigenvalue weighted by molar-refractivity contribution is -0.385. The molecule has 0 bridgehead atoms. The fraction of sp³-hybridized carbons (Fsp3) is 0.600. The van der Waals surface area contributed by atoms with E-state index >= 15 is 0 Å². The van der Waals surface area contributed by atoms with E-state index in [0.29, 0.717) is 31.9 Å². The standard InChI is InChI=1S/C15H24N2O4/c1-12(2)10-16-11-13-5-6-15(14(9-13)17(19)20)21-8-4-3-7-18/h5-6,9,12,16,18H,3-4,7-8,10-11H2,1-2H3. The molecule has 6 heteroatoms. The van der Waals surface area contributed by atoms with Gasteiger partial charge in [-0.05, 0) is 36.9 Å². The molecule has 1 aromatic rings. The Morgan fingerprint density at radius 1 is 1.38 bits per heavy atom. The Morgan fingerprint density at radius 2 is 2.14 bits per heavy atom. The van der Waals surface area contributed by atoms with E-state index in [0.717, 1.165) is 12.1 Å². The smallest absolute Gasteiger partial charge is 0.311 e. The Bertz CT molecular complexity index is 449. The van der Waals surface area contributed by atoms with E-state index in [1.54, 1.807) is 12.1 Å². The molecule has 6 nitrogen and oxygen atoms in total. The van der Waals surface area contributed by atoms with Gasteiger partial charge in [0.15, 0.2) is 5.75 Å². The van der Waals surface area contributed by atoms with Crippen LogP contribution in [-0.2, 0) is 6.54 Å². The van der Waals surface area contributed by atoms with E-state index in [1.165, 1.54) is 0 Å². The molecule has 0 saturated carbocycles. The van der Waals surface area contributed by atoms with Gasteiger partial charge in [0, 0.05) is 19.2 Å². The first-order chi connectivity index (χ1) is 10.0. The van der Waals surface area contributed by atoms with Crippen LogP contribution in [0.25, 0.3) is 0 Å². The van der Waals surface area contributed by atoms with Gasteiger partial charge in [-0.1, -0.05) is 19.9 Å². The van der Waals surface area contributed by atoms with Gasteiger partial charge < -0.3 is 15.2 Å². The molecule has 0 heterocycles. The van der Waals surface area contributed by atoms with E-state index in [-0.39, 0.29) is 18.0 Å². The number of nitrogens with one attached hydrogen (secondary N) is 1. The second-order valence-corrected chi connectivity index (χ2v) is 5.36. The van der Waals surface area contributed by atoms with Crippen LogP contribution in [-0.4, -0.2) is 29.8 Å². The summed E-state index contributed by atoms with van der Waals surface area (Å²) in [7, 11) is 0. The summed E-state index contributed by atoms with van der Waals surface area (Å²) in [6.07, 6.45) is 1.30. The lowest BCUT2D eigenvalue weighted by Gasteiger charge is -2.10. The SMILES string of the molecule is CC(C)CNCc1ccc(OCCCCO)c([N+](=O)[O-])c1. The number of nitro groups is 1. The number of benzene rings is 1.